The number of carbonyl (C=O) groups is 6. The molecule has 4 amide bonds. The van der Waals surface area contributed by atoms with Gasteiger partial charge in [-0.2, -0.15) is 22.0 Å². The van der Waals surface area contributed by atoms with Crippen molar-refractivity contribution in [3.05, 3.63) is 95.1 Å². The second-order valence-corrected chi connectivity index (χ2v) is 13.3. The third-order valence-corrected chi connectivity index (χ3v) is 9.90. The van der Waals surface area contributed by atoms with E-state index in [9.17, 15) is 50.7 Å². The van der Waals surface area contributed by atoms with Crippen LogP contribution < -0.4 is 14.4 Å². The van der Waals surface area contributed by atoms with E-state index in [0.717, 1.165) is 20.9 Å². The SMILES string of the molecule is Cc1cc(N2C(=O)C3C4C(=O)N(C)C(=O)C4C3C2=O)ccc1CCOC(=O)/C=C/c1ccc(OC(=O)c2ccc(OCCCC(F)(F)C(F)(F)F)cc2)cc1. The Morgan fingerprint density at radius 3 is 1.93 bits per heavy atom. The molecule has 3 fully saturated rings. The third kappa shape index (κ3) is 7.71. The van der Waals surface area contributed by atoms with E-state index < -0.39 is 84.2 Å². The normalized spacial score (nSPS) is 20.8. The fourth-order valence-corrected chi connectivity index (χ4v) is 6.89. The summed E-state index contributed by atoms with van der Waals surface area (Å²) in [5.41, 5.74) is 2.63. The van der Waals surface area contributed by atoms with Crippen molar-refractivity contribution < 1.29 is 64.9 Å². The Labute approximate surface area is 310 Å². The van der Waals surface area contributed by atoms with Gasteiger partial charge in [-0.05, 0) is 84.6 Å². The molecule has 2 aliphatic heterocycles. The van der Waals surface area contributed by atoms with E-state index in [0.29, 0.717) is 17.7 Å². The number of nitrogens with zero attached hydrogens (tertiary/aromatic N) is 2. The number of benzene rings is 3. The smallest absolute Gasteiger partial charge is 0.453 e. The molecule has 55 heavy (non-hydrogen) atoms. The van der Waals surface area contributed by atoms with Gasteiger partial charge in [0.1, 0.15) is 11.5 Å². The number of esters is 2. The van der Waals surface area contributed by atoms with Crippen LogP contribution in [0.5, 0.6) is 11.5 Å². The van der Waals surface area contributed by atoms with Gasteiger partial charge in [-0.1, -0.05) is 18.2 Å². The van der Waals surface area contributed by atoms with E-state index in [1.165, 1.54) is 55.6 Å². The number of alkyl halides is 5. The lowest BCUT2D eigenvalue weighted by molar-refractivity contribution is -0.284. The van der Waals surface area contributed by atoms with Crippen LogP contribution in [-0.2, 0) is 35.1 Å². The number of halogens is 5. The minimum absolute atomic E-state index is 0.0407. The number of aryl methyl sites for hydroxylation is 1. The fraction of sp³-hybridized carbons (Fsp3) is 0.333. The summed E-state index contributed by atoms with van der Waals surface area (Å²) in [5.74, 6) is -10.9. The van der Waals surface area contributed by atoms with Crippen LogP contribution in [0.4, 0.5) is 27.6 Å². The lowest BCUT2D eigenvalue weighted by Crippen LogP contribution is -2.50. The maximum Gasteiger partial charge on any atom is 0.453 e. The number of carbonyl (C=O) groups excluding carboxylic acids is 6. The number of fused-ring (bicyclic) bond motifs is 4. The van der Waals surface area contributed by atoms with Gasteiger partial charge in [-0.15, -0.1) is 0 Å². The molecule has 3 aromatic rings. The quantitative estimate of drug-likeness (QED) is 0.0534. The predicted octanol–water partition coefficient (Wildman–Crippen LogP) is 5.72. The Bertz CT molecular complexity index is 2020. The van der Waals surface area contributed by atoms with Gasteiger partial charge in [0, 0.05) is 26.0 Å². The molecule has 4 atom stereocenters. The molecular weight excluding hydrogens is 735 g/mol. The Balaban J connectivity index is 0.928. The van der Waals surface area contributed by atoms with E-state index in [4.69, 9.17) is 14.2 Å². The maximum atomic E-state index is 13.2. The molecule has 16 heteroatoms. The number of amides is 4. The van der Waals surface area contributed by atoms with Gasteiger partial charge in [-0.3, -0.25) is 29.0 Å². The van der Waals surface area contributed by atoms with Crippen LogP contribution in [0.2, 0.25) is 0 Å². The van der Waals surface area contributed by atoms with Crippen LogP contribution in [-0.4, -0.2) is 72.8 Å². The van der Waals surface area contributed by atoms with Crippen LogP contribution in [0, 0.1) is 30.6 Å². The zero-order chi connectivity index (χ0) is 39.8. The van der Waals surface area contributed by atoms with Gasteiger partial charge in [0.15, 0.2) is 0 Å². The molecule has 1 aliphatic carbocycles. The maximum absolute atomic E-state index is 13.2. The summed E-state index contributed by atoms with van der Waals surface area (Å²) < 4.78 is 78.6. The number of ether oxygens (including phenoxy) is 3. The van der Waals surface area contributed by atoms with E-state index >= 15 is 0 Å². The Morgan fingerprint density at radius 1 is 0.764 bits per heavy atom. The predicted molar refractivity (Wildman–Crippen MR) is 183 cm³/mol. The van der Waals surface area contributed by atoms with Crippen molar-refractivity contribution in [2.24, 2.45) is 23.7 Å². The lowest BCUT2D eigenvalue weighted by Gasteiger charge is -2.36. The molecule has 1 saturated carbocycles. The van der Waals surface area contributed by atoms with Gasteiger partial charge in [-0.25, -0.2) is 9.59 Å². The van der Waals surface area contributed by atoms with E-state index in [1.807, 2.05) is 0 Å². The average molecular weight is 769 g/mol. The minimum atomic E-state index is -5.62. The van der Waals surface area contributed by atoms with Crippen LogP contribution in [0.25, 0.3) is 6.08 Å². The average Bonchev–Trinajstić information content (AvgIpc) is 3.44. The van der Waals surface area contributed by atoms with Crippen molar-refractivity contribution in [3.63, 3.8) is 0 Å². The highest BCUT2D eigenvalue weighted by molar-refractivity contribution is 6.27. The van der Waals surface area contributed by atoms with E-state index in [2.05, 4.69) is 0 Å². The van der Waals surface area contributed by atoms with Crippen molar-refractivity contribution in [3.8, 4) is 11.5 Å². The molecule has 0 radical (unpaired) electrons. The Kier molecular flexibility index (Phi) is 10.6. The summed E-state index contributed by atoms with van der Waals surface area (Å²) in [5, 5.41) is 0. The van der Waals surface area contributed by atoms with Crippen LogP contribution in [0.15, 0.2) is 72.8 Å². The first-order valence-corrected chi connectivity index (χ1v) is 17.1. The number of hydrogen-bond acceptors (Lipinski definition) is 9. The molecule has 3 aliphatic rings. The van der Waals surface area contributed by atoms with E-state index in [-0.39, 0.29) is 30.3 Å². The second kappa shape index (κ2) is 15.1. The van der Waals surface area contributed by atoms with Crippen LogP contribution in [0.1, 0.15) is 39.9 Å². The topological polar surface area (TPSA) is 137 Å². The highest BCUT2D eigenvalue weighted by Gasteiger charge is 2.73. The van der Waals surface area contributed by atoms with Crippen LogP contribution in [0.3, 0.4) is 0 Å². The number of anilines is 1. The molecule has 4 unspecified atom stereocenters. The van der Waals surface area contributed by atoms with Gasteiger partial charge < -0.3 is 14.2 Å². The van der Waals surface area contributed by atoms with Gasteiger partial charge in [0.25, 0.3) is 0 Å². The molecule has 288 valence electrons. The van der Waals surface area contributed by atoms with Gasteiger partial charge >= 0.3 is 24.0 Å². The molecule has 2 saturated heterocycles. The zero-order valence-corrected chi connectivity index (χ0v) is 29.3. The first-order chi connectivity index (χ1) is 26.0. The number of rotatable bonds is 13. The van der Waals surface area contributed by atoms with Gasteiger partial charge in [0.2, 0.25) is 23.6 Å². The van der Waals surface area contributed by atoms with Crippen molar-refractivity contribution in [2.45, 2.75) is 38.3 Å². The van der Waals surface area contributed by atoms with Crippen molar-refractivity contribution >= 4 is 47.3 Å². The monoisotopic (exact) mass is 768 g/mol. The number of hydrogen-bond donors (Lipinski definition) is 0. The van der Waals surface area contributed by atoms with Crippen LogP contribution >= 0.6 is 0 Å². The first kappa shape index (κ1) is 38.8. The summed E-state index contributed by atoms with van der Waals surface area (Å²) in [6.45, 7) is 1.45. The zero-order valence-electron chi connectivity index (χ0n) is 29.3. The summed E-state index contributed by atoms with van der Waals surface area (Å²) in [7, 11) is 1.36. The third-order valence-electron chi connectivity index (χ3n) is 9.90. The summed E-state index contributed by atoms with van der Waals surface area (Å²) in [4.78, 5) is 78.2. The number of likely N-dealkylation sites (tertiary alicyclic amines) is 1. The minimum Gasteiger partial charge on any atom is -0.494 e. The molecule has 0 spiro atoms. The summed E-state index contributed by atoms with van der Waals surface area (Å²) in [6, 6.07) is 16.6. The largest absolute Gasteiger partial charge is 0.494 e. The summed E-state index contributed by atoms with van der Waals surface area (Å²) in [6.07, 6.45) is -4.49. The Morgan fingerprint density at radius 2 is 1.35 bits per heavy atom. The molecule has 0 aromatic heterocycles. The number of imide groups is 2. The molecule has 6 rings (SSSR count). The molecular formula is C39H33F5N2O9. The molecule has 11 nitrogen and oxygen atoms in total. The highest BCUT2D eigenvalue weighted by atomic mass is 19.4. The standard InChI is InChI=1S/C39H33F5N2O9/c1-21-20-25(46-35(50)31-29-30(32(31)36(46)51)34(49)45(2)33(29)48)10-7-23(21)16-19-54-28(47)15-6-22-4-11-27(12-5-22)55-37(52)24-8-13-26(14-9-24)53-18-3-17-38(40,41)39(42,43)44/h4-15,20,29-32H,3,16-19H2,1-2H3/b15-6+. The molecule has 3 aromatic carbocycles. The molecule has 2 heterocycles. The highest BCUT2D eigenvalue weighted by Crippen LogP contribution is 2.56. The molecule has 0 bridgehead atoms. The fourth-order valence-electron chi connectivity index (χ4n) is 6.89. The van der Waals surface area contributed by atoms with E-state index in [1.54, 1.807) is 37.3 Å². The Hall–Kier alpha value is -5.93. The first-order valence-electron chi connectivity index (χ1n) is 17.1. The second-order valence-electron chi connectivity index (χ2n) is 13.3. The van der Waals surface area contributed by atoms with Crippen molar-refractivity contribution in [1.29, 1.82) is 0 Å². The van der Waals surface area contributed by atoms with Crippen molar-refractivity contribution in [2.75, 3.05) is 25.2 Å². The van der Waals surface area contributed by atoms with Gasteiger partial charge in [0.05, 0.1) is 48.1 Å². The van der Waals surface area contributed by atoms with Crippen molar-refractivity contribution in [1.82, 2.24) is 4.90 Å². The lowest BCUT2D eigenvalue weighted by atomic mass is 9.59. The molecule has 0 N–H and O–H groups in total. The summed E-state index contributed by atoms with van der Waals surface area (Å²) >= 11 is 0.